The van der Waals surface area contributed by atoms with E-state index in [-0.39, 0.29) is 24.3 Å². The average molecular weight is 284 g/mol. The third-order valence-corrected chi connectivity index (χ3v) is 3.83. The van der Waals surface area contributed by atoms with Crippen LogP contribution in [0.4, 0.5) is 0 Å². The third kappa shape index (κ3) is 4.76. The second kappa shape index (κ2) is 7.59. The Bertz CT molecular complexity index is 336. The number of piperazine rings is 1. The summed E-state index contributed by atoms with van der Waals surface area (Å²) in [6.07, 6.45) is 0. The van der Waals surface area contributed by atoms with Gasteiger partial charge in [-0.25, -0.2) is 0 Å². The van der Waals surface area contributed by atoms with Crippen LogP contribution in [-0.4, -0.2) is 66.4 Å². The van der Waals surface area contributed by atoms with Crippen LogP contribution in [-0.2, 0) is 9.59 Å². The molecule has 0 aliphatic carbocycles. The maximum absolute atomic E-state index is 12.0. The largest absolute Gasteiger partial charge is 0.346 e. The molecule has 0 unspecified atom stereocenters. The minimum Gasteiger partial charge on any atom is -0.346 e. The monoisotopic (exact) mass is 284 g/mol. The summed E-state index contributed by atoms with van der Waals surface area (Å²) >= 11 is 0. The van der Waals surface area contributed by atoms with Gasteiger partial charge in [-0.2, -0.15) is 0 Å². The van der Waals surface area contributed by atoms with Crippen LogP contribution >= 0.6 is 0 Å². The van der Waals surface area contributed by atoms with E-state index in [0.29, 0.717) is 6.04 Å². The van der Waals surface area contributed by atoms with Gasteiger partial charge in [0.1, 0.15) is 0 Å². The highest BCUT2D eigenvalue weighted by Crippen LogP contribution is 2.05. The molecule has 6 heteroatoms. The van der Waals surface area contributed by atoms with Crippen LogP contribution in [0.15, 0.2) is 0 Å². The van der Waals surface area contributed by atoms with Crippen molar-refractivity contribution in [3.8, 4) is 0 Å². The van der Waals surface area contributed by atoms with Crippen LogP contribution in [0, 0.1) is 5.92 Å². The molecule has 3 N–H and O–H groups in total. The van der Waals surface area contributed by atoms with Gasteiger partial charge in [-0.05, 0) is 19.8 Å². The fourth-order valence-electron chi connectivity index (χ4n) is 2.18. The molecular weight excluding hydrogens is 256 g/mol. The summed E-state index contributed by atoms with van der Waals surface area (Å²) in [4.78, 5) is 27.9. The van der Waals surface area contributed by atoms with Crippen molar-refractivity contribution < 1.29 is 9.59 Å². The van der Waals surface area contributed by atoms with E-state index in [1.165, 1.54) is 0 Å². The molecule has 116 valence electrons. The number of carbonyl (C=O) groups is 2. The SMILES string of the molecule is CC(C)[C@H](N)C(=O)NCC(=O)N1CCN(C(C)C)CC1. The molecule has 0 spiro atoms. The van der Waals surface area contributed by atoms with Gasteiger partial charge < -0.3 is 16.0 Å². The summed E-state index contributed by atoms with van der Waals surface area (Å²) < 4.78 is 0. The Morgan fingerprint density at radius 2 is 1.65 bits per heavy atom. The number of rotatable bonds is 5. The molecule has 1 aliphatic heterocycles. The molecule has 2 amide bonds. The van der Waals surface area contributed by atoms with Crippen LogP contribution in [0.2, 0.25) is 0 Å². The lowest BCUT2D eigenvalue weighted by molar-refractivity contribution is -0.135. The van der Waals surface area contributed by atoms with E-state index < -0.39 is 6.04 Å². The van der Waals surface area contributed by atoms with Gasteiger partial charge in [-0.3, -0.25) is 14.5 Å². The van der Waals surface area contributed by atoms with Crippen molar-refractivity contribution in [1.82, 2.24) is 15.1 Å². The van der Waals surface area contributed by atoms with Gasteiger partial charge in [0.25, 0.3) is 0 Å². The zero-order chi connectivity index (χ0) is 15.3. The Balaban J connectivity index is 2.32. The highest BCUT2D eigenvalue weighted by atomic mass is 16.2. The molecule has 1 aliphatic rings. The van der Waals surface area contributed by atoms with Gasteiger partial charge in [0, 0.05) is 32.2 Å². The van der Waals surface area contributed by atoms with Crippen molar-refractivity contribution >= 4 is 11.8 Å². The van der Waals surface area contributed by atoms with Gasteiger partial charge in [0.05, 0.1) is 12.6 Å². The van der Waals surface area contributed by atoms with E-state index in [4.69, 9.17) is 5.73 Å². The number of nitrogens with zero attached hydrogens (tertiary/aromatic N) is 2. The van der Waals surface area contributed by atoms with Crippen molar-refractivity contribution in [2.75, 3.05) is 32.7 Å². The highest BCUT2D eigenvalue weighted by molar-refractivity contribution is 5.87. The Hall–Kier alpha value is -1.14. The van der Waals surface area contributed by atoms with Crippen molar-refractivity contribution in [2.45, 2.75) is 39.8 Å². The summed E-state index contributed by atoms with van der Waals surface area (Å²) in [7, 11) is 0. The van der Waals surface area contributed by atoms with Gasteiger partial charge >= 0.3 is 0 Å². The minimum atomic E-state index is -0.555. The molecule has 0 radical (unpaired) electrons. The molecule has 6 nitrogen and oxygen atoms in total. The summed E-state index contributed by atoms with van der Waals surface area (Å²) in [5, 5.41) is 2.63. The van der Waals surface area contributed by atoms with E-state index in [1.807, 2.05) is 13.8 Å². The fourth-order valence-corrected chi connectivity index (χ4v) is 2.18. The molecular formula is C14H28N4O2. The fraction of sp³-hybridized carbons (Fsp3) is 0.857. The summed E-state index contributed by atoms with van der Waals surface area (Å²) in [5.41, 5.74) is 5.73. The number of nitrogens with one attached hydrogen (secondary N) is 1. The standard InChI is InChI=1S/C14H28N4O2/c1-10(2)13(15)14(20)16-9-12(19)18-7-5-17(6-8-18)11(3)4/h10-11,13H,5-9,15H2,1-4H3,(H,16,20)/t13-/m0/s1. The van der Waals surface area contributed by atoms with Crippen LogP contribution in [0.3, 0.4) is 0 Å². The van der Waals surface area contributed by atoms with E-state index in [9.17, 15) is 9.59 Å². The van der Waals surface area contributed by atoms with E-state index >= 15 is 0 Å². The van der Waals surface area contributed by atoms with Crippen LogP contribution in [0.1, 0.15) is 27.7 Å². The Morgan fingerprint density at radius 3 is 2.10 bits per heavy atom. The normalized spacial score (nSPS) is 18.4. The first-order valence-electron chi connectivity index (χ1n) is 7.38. The van der Waals surface area contributed by atoms with Gasteiger partial charge in [0.2, 0.25) is 11.8 Å². The highest BCUT2D eigenvalue weighted by Gasteiger charge is 2.23. The molecule has 1 saturated heterocycles. The average Bonchev–Trinajstić information content (AvgIpc) is 2.43. The number of nitrogens with two attached hydrogens (primary N) is 1. The first-order valence-corrected chi connectivity index (χ1v) is 7.38. The predicted octanol–water partition coefficient (Wildman–Crippen LogP) is -0.361. The molecule has 0 bridgehead atoms. The predicted molar refractivity (Wildman–Crippen MR) is 79.1 cm³/mol. The van der Waals surface area contributed by atoms with Crippen molar-refractivity contribution in [2.24, 2.45) is 11.7 Å². The lowest BCUT2D eigenvalue weighted by Crippen LogP contribution is -2.53. The van der Waals surface area contributed by atoms with Gasteiger partial charge in [-0.1, -0.05) is 13.8 Å². The summed E-state index contributed by atoms with van der Waals surface area (Å²) in [5.74, 6) is -0.216. The van der Waals surface area contributed by atoms with Crippen LogP contribution in [0.5, 0.6) is 0 Å². The second-order valence-corrected chi connectivity index (χ2v) is 6.00. The first-order chi connectivity index (χ1) is 9.32. The van der Waals surface area contributed by atoms with Crippen molar-refractivity contribution in [1.29, 1.82) is 0 Å². The first kappa shape index (κ1) is 16.9. The topological polar surface area (TPSA) is 78.7 Å². The number of hydrogen-bond donors (Lipinski definition) is 2. The molecule has 0 aromatic heterocycles. The molecule has 1 rings (SSSR count). The maximum atomic E-state index is 12.0. The molecule has 1 heterocycles. The quantitative estimate of drug-likeness (QED) is 0.722. The second-order valence-electron chi connectivity index (χ2n) is 6.00. The summed E-state index contributed by atoms with van der Waals surface area (Å²) in [6, 6.07) is -0.0448. The maximum Gasteiger partial charge on any atom is 0.242 e. The smallest absolute Gasteiger partial charge is 0.242 e. The Morgan fingerprint density at radius 1 is 1.10 bits per heavy atom. The van der Waals surface area contributed by atoms with E-state index in [0.717, 1.165) is 26.2 Å². The van der Waals surface area contributed by atoms with Crippen molar-refractivity contribution in [3.63, 3.8) is 0 Å². The Labute approximate surface area is 121 Å². The molecule has 20 heavy (non-hydrogen) atoms. The summed E-state index contributed by atoms with van der Waals surface area (Å²) in [6.45, 7) is 11.4. The molecule has 0 saturated carbocycles. The number of carbonyl (C=O) groups excluding carboxylic acids is 2. The molecule has 0 aromatic carbocycles. The van der Waals surface area contributed by atoms with E-state index in [2.05, 4.69) is 24.1 Å². The minimum absolute atomic E-state index is 0.0299. The van der Waals surface area contributed by atoms with Crippen LogP contribution in [0.25, 0.3) is 0 Å². The van der Waals surface area contributed by atoms with Crippen LogP contribution < -0.4 is 11.1 Å². The zero-order valence-corrected chi connectivity index (χ0v) is 13.1. The zero-order valence-electron chi connectivity index (χ0n) is 13.1. The van der Waals surface area contributed by atoms with Crippen molar-refractivity contribution in [3.05, 3.63) is 0 Å². The molecule has 1 atom stereocenters. The van der Waals surface area contributed by atoms with Gasteiger partial charge in [0.15, 0.2) is 0 Å². The third-order valence-electron chi connectivity index (χ3n) is 3.83. The number of hydrogen-bond acceptors (Lipinski definition) is 4. The molecule has 1 fully saturated rings. The lowest BCUT2D eigenvalue weighted by atomic mass is 10.1. The molecule has 0 aromatic rings. The lowest BCUT2D eigenvalue weighted by Gasteiger charge is -2.37. The number of amides is 2. The van der Waals surface area contributed by atoms with Gasteiger partial charge in [-0.15, -0.1) is 0 Å². The Kier molecular flexibility index (Phi) is 6.42. The van der Waals surface area contributed by atoms with E-state index in [1.54, 1.807) is 4.90 Å².